The van der Waals surface area contributed by atoms with E-state index in [1.807, 2.05) is 17.9 Å². The molecule has 1 N–H and O–H groups in total. The first-order valence-corrected chi connectivity index (χ1v) is 9.42. The van der Waals surface area contributed by atoms with Crippen molar-refractivity contribution in [3.05, 3.63) is 51.3 Å². The van der Waals surface area contributed by atoms with E-state index in [2.05, 4.69) is 21.2 Å². The summed E-state index contributed by atoms with van der Waals surface area (Å²) in [6, 6.07) is 8.78. The largest absolute Gasteiger partial charge is 0.456 e. The van der Waals surface area contributed by atoms with E-state index in [0.29, 0.717) is 42.6 Å². The number of carbonyl (C=O) groups excluding carboxylic acids is 2. The summed E-state index contributed by atoms with van der Waals surface area (Å²) in [7, 11) is 0. The molecule has 6 nitrogen and oxygen atoms in total. The fourth-order valence-electron chi connectivity index (χ4n) is 2.80. The molecule has 0 bridgehead atoms. The Balaban J connectivity index is 1.49. The van der Waals surface area contributed by atoms with Crippen molar-refractivity contribution in [2.45, 2.75) is 6.92 Å². The predicted molar refractivity (Wildman–Crippen MR) is 104 cm³/mol. The number of amides is 2. The van der Waals surface area contributed by atoms with Gasteiger partial charge in [0.05, 0.1) is 17.3 Å². The van der Waals surface area contributed by atoms with Crippen LogP contribution in [0.4, 0.5) is 5.69 Å². The molecule has 1 aromatic heterocycles. The molecule has 8 heteroatoms. The number of nitrogens with one attached hydrogen (secondary N) is 1. The fourth-order valence-corrected chi connectivity index (χ4v) is 3.52. The van der Waals surface area contributed by atoms with E-state index >= 15 is 0 Å². The Kier molecular flexibility index (Phi) is 6.01. The van der Waals surface area contributed by atoms with Crippen molar-refractivity contribution in [1.82, 2.24) is 9.80 Å². The molecule has 0 spiro atoms. The molecule has 0 aliphatic carbocycles. The number of nitrogens with zero attached hydrogens (tertiary/aromatic N) is 2. The van der Waals surface area contributed by atoms with Crippen molar-refractivity contribution < 1.29 is 14.0 Å². The van der Waals surface area contributed by atoms with E-state index in [1.165, 1.54) is 0 Å². The molecule has 3 rings (SSSR count). The molecular formula is C18H19BrClN3O3. The van der Waals surface area contributed by atoms with Crippen LogP contribution >= 0.6 is 27.5 Å². The molecule has 1 aliphatic heterocycles. The van der Waals surface area contributed by atoms with Gasteiger partial charge in [-0.1, -0.05) is 27.5 Å². The van der Waals surface area contributed by atoms with Gasteiger partial charge in [0.1, 0.15) is 5.76 Å². The van der Waals surface area contributed by atoms with Crippen LogP contribution < -0.4 is 5.32 Å². The average molecular weight is 441 g/mol. The van der Waals surface area contributed by atoms with Crippen LogP contribution in [0.25, 0.3) is 0 Å². The van der Waals surface area contributed by atoms with Gasteiger partial charge in [0, 0.05) is 30.7 Å². The minimum atomic E-state index is -0.129. The molecule has 0 saturated carbocycles. The third-order valence-electron chi connectivity index (χ3n) is 4.18. The molecule has 1 aromatic carbocycles. The number of hydrogen-bond donors (Lipinski definition) is 1. The second-order valence-corrected chi connectivity index (χ2v) is 7.47. The molecule has 0 unspecified atom stereocenters. The Morgan fingerprint density at radius 3 is 2.54 bits per heavy atom. The second-order valence-electron chi connectivity index (χ2n) is 6.15. The number of carbonyl (C=O) groups is 2. The van der Waals surface area contributed by atoms with E-state index in [4.69, 9.17) is 16.0 Å². The number of halogens is 2. The SMILES string of the molecule is Cc1ccc(C(=O)N2CCN(CC(=O)Nc3ccc(Br)cc3Cl)CC2)o1. The van der Waals surface area contributed by atoms with Gasteiger partial charge in [-0.25, -0.2) is 0 Å². The normalized spacial score (nSPS) is 15.1. The number of anilines is 1. The summed E-state index contributed by atoms with van der Waals surface area (Å²) in [5, 5.41) is 3.30. The van der Waals surface area contributed by atoms with Crippen LogP contribution in [0.2, 0.25) is 5.02 Å². The number of benzene rings is 1. The van der Waals surface area contributed by atoms with Gasteiger partial charge in [-0.2, -0.15) is 0 Å². The van der Waals surface area contributed by atoms with Gasteiger partial charge in [-0.05, 0) is 37.3 Å². The number of furan rings is 1. The number of rotatable bonds is 4. The predicted octanol–water partition coefficient (Wildman–Crippen LogP) is 3.40. The Labute approximate surface area is 165 Å². The lowest BCUT2D eigenvalue weighted by molar-refractivity contribution is -0.117. The van der Waals surface area contributed by atoms with Crippen molar-refractivity contribution in [2.75, 3.05) is 38.0 Å². The maximum atomic E-state index is 12.4. The van der Waals surface area contributed by atoms with Gasteiger partial charge in [-0.3, -0.25) is 14.5 Å². The summed E-state index contributed by atoms with van der Waals surface area (Å²) >= 11 is 9.45. The van der Waals surface area contributed by atoms with Gasteiger partial charge in [0.2, 0.25) is 5.91 Å². The second kappa shape index (κ2) is 8.24. The van der Waals surface area contributed by atoms with E-state index < -0.39 is 0 Å². The first-order valence-electron chi connectivity index (χ1n) is 8.25. The Morgan fingerprint density at radius 1 is 1.19 bits per heavy atom. The highest BCUT2D eigenvalue weighted by Gasteiger charge is 2.25. The number of aryl methyl sites for hydroxylation is 1. The van der Waals surface area contributed by atoms with Gasteiger partial charge < -0.3 is 14.6 Å². The van der Waals surface area contributed by atoms with Crippen LogP contribution in [0, 0.1) is 6.92 Å². The lowest BCUT2D eigenvalue weighted by Gasteiger charge is -2.33. The number of piperazine rings is 1. The van der Waals surface area contributed by atoms with Crippen molar-refractivity contribution in [1.29, 1.82) is 0 Å². The maximum absolute atomic E-state index is 12.4. The summed E-state index contributed by atoms with van der Waals surface area (Å²) in [5.74, 6) is 0.841. The summed E-state index contributed by atoms with van der Waals surface area (Å²) < 4.78 is 6.25. The molecule has 26 heavy (non-hydrogen) atoms. The lowest BCUT2D eigenvalue weighted by Crippen LogP contribution is -2.50. The van der Waals surface area contributed by atoms with Crippen LogP contribution in [0.5, 0.6) is 0 Å². The zero-order chi connectivity index (χ0) is 18.7. The van der Waals surface area contributed by atoms with E-state index in [0.717, 1.165) is 10.2 Å². The maximum Gasteiger partial charge on any atom is 0.289 e. The first kappa shape index (κ1) is 18.9. The molecule has 1 fully saturated rings. The highest BCUT2D eigenvalue weighted by Crippen LogP contribution is 2.25. The third-order valence-corrected chi connectivity index (χ3v) is 4.99. The molecule has 1 aliphatic rings. The molecule has 138 valence electrons. The van der Waals surface area contributed by atoms with Gasteiger partial charge in [0.25, 0.3) is 5.91 Å². The van der Waals surface area contributed by atoms with Crippen LogP contribution in [0.3, 0.4) is 0 Å². The van der Waals surface area contributed by atoms with Crippen LogP contribution in [-0.2, 0) is 4.79 Å². The lowest BCUT2D eigenvalue weighted by atomic mass is 10.2. The van der Waals surface area contributed by atoms with E-state index in [9.17, 15) is 9.59 Å². The fraction of sp³-hybridized carbons (Fsp3) is 0.333. The monoisotopic (exact) mass is 439 g/mol. The average Bonchev–Trinajstić information content (AvgIpc) is 3.04. The van der Waals surface area contributed by atoms with E-state index in [-0.39, 0.29) is 18.4 Å². The molecule has 1 saturated heterocycles. The minimum Gasteiger partial charge on any atom is -0.456 e. The van der Waals surface area contributed by atoms with Gasteiger partial charge in [0.15, 0.2) is 5.76 Å². The van der Waals surface area contributed by atoms with E-state index in [1.54, 1.807) is 29.2 Å². The highest BCUT2D eigenvalue weighted by atomic mass is 79.9. The van der Waals surface area contributed by atoms with Crippen molar-refractivity contribution in [3.8, 4) is 0 Å². The van der Waals surface area contributed by atoms with Crippen molar-refractivity contribution in [2.24, 2.45) is 0 Å². The highest BCUT2D eigenvalue weighted by molar-refractivity contribution is 9.10. The molecule has 2 amide bonds. The molecule has 2 aromatic rings. The van der Waals surface area contributed by atoms with Crippen LogP contribution in [0.15, 0.2) is 39.2 Å². The quantitative estimate of drug-likeness (QED) is 0.791. The van der Waals surface area contributed by atoms with Crippen LogP contribution in [-0.4, -0.2) is 54.3 Å². The first-order chi connectivity index (χ1) is 12.4. The summed E-state index contributed by atoms with van der Waals surface area (Å²) in [6.45, 7) is 4.45. The van der Waals surface area contributed by atoms with Crippen molar-refractivity contribution in [3.63, 3.8) is 0 Å². The van der Waals surface area contributed by atoms with Crippen molar-refractivity contribution >= 4 is 45.0 Å². The molecule has 0 radical (unpaired) electrons. The summed E-state index contributed by atoms with van der Waals surface area (Å²) in [4.78, 5) is 28.4. The third kappa shape index (κ3) is 4.66. The topological polar surface area (TPSA) is 65.8 Å². The molecular weight excluding hydrogens is 422 g/mol. The van der Waals surface area contributed by atoms with Crippen LogP contribution in [0.1, 0.15) is 16.3 Å². The zero-order valence-corrected chi connectivity index (χ0v) is 16.6. The van der Waals surface area contributed by atoms with Gasteiger partial charge in [-0.15, -0.1) is 0 Å². The van der Waals surface area contributed by atoms with Gasteiger partial charge >= 0.3 is 0 Å². The Bertz CT molecular complexity index is 816. The smallest absolute Gasteiger partial charge is 0.289 e. The molecule has 0 atom stereocenters. The standard InChI is InChI=1S/C18H19BrClN3O3/c1-12-2-5-16(26-12)18(25)23-8-6-22(7-9-23)11-17(24)21-15-4-3-13(19)10-14(15)20/h2-5,10H,6-9,11H2,1H3,(H,21,24). The summed E-state index contributed by atoms with van der Waals surface area (Å²) in [6.07, 6.45) is 0. The minimum absolute atomic E-state index is 0.108. The number of hydrogen-bond acceptors (Lipinski definition) is 4. The Hall–Kier alpha value is -1.83. The summed E-state index contributed by atoms with van der Waals surface area (Å²) in [5.41, 5.74) is 0.585. The molecule has 2 heterocycles. The zero-order valence-electron chi connectivity index (χ0n) is 14.3. The Morgan fingerprint density at radius 2 is 1.92 bits per heavy atom.